The van der Waals surface area contributed by atoms with Gasteiger partial charge in [0.25, 0.3) is 0 Å². The Morgan fingerprint density at radius 2 is 2.04 bits per heavy atom. The van der Waals surface area contributed by atoms with Crippen LogP contribution in [0.1, 0.15) is 48.9 Å². The summed E-state index contributed by atoms with van der Waals surface area (Å²) in [5.74, 6) is -0.430. The fraction of sp³-hybridized carbons (Fsp3) is 0.400. The Bertz CT molecular complexity index is 1010. The third kappa shape index (κ3) is 3.61. The maximum Gasteiger partial charge on any atom is 0.349 e. The SMILES string of the molecule is NC(=O)c1ccc(Cl)cc1/[SH](=O)=N/C(=O)NC1C2=C(C=C3CCCC31)CCC2. The molecule has 1 fully saturated rings. The van der Waals surface area contributed by atoms with Gasteiger partial charge < -0.3 is 11.1 Å². The van der Waals surface area contributed by atoms with E-state index in [1.165, 1.54) is 34.9 Å². The zero-order valence-corrected chi connectivity index (χ0v) is 16.9. The van der Waals surface area contributed by atoms with E-state index in [9.17, 15) is 13.8 Å². The van der Waals surface area contributed by atoms with Crippen LogP contribution in [0.3, 0.4) is 0 Å². The van der Waals surface area contributed by atoms with Gasteiger partial charge in [-0.1, -0.05) is 23.3 Å². The fourth-order valence-corrected chi connectivity index (χ4v) is 5.81. The van der Waals surface area contributed by atoms with Gasteiger partial charge in [-0.3, -0.25) is 4.79 Å². The van der Waals surface area contributed by atoms with E-state index in [4.69, 9.17) is 17.3 Å². The summed E-state index contributed by atoms with van der Waals surface area (Å²) in [4.78, 5) is 24.3. The summed E-state index contributed by atoms with van der Waals surface area (Å²) in [7, 11) is -2.49. The minimum Gasteiger partial charge on any atom is -0.366 e. The first kappa shape index (κ1) is 19.2. The summed E-state index contributed by atoms with van der Waals surface area (Å²) in [6, 6.07) is 3.54. The van der Waals surface area contributed by atoms with Crippen LogP contribution in [0.4, 0.5) is 4.79 Å². The van der Waals surface area contributed by atoms with Crippen molar-refractivity contribution in [3.8, 4) is 0 Å². The van der Waals surface area contributed by atoms with Crippen molar-refractivity contribution in [1.82, 2.24) is 5.32 Å². The smallest absolute Gasteiger partial charge is 0.349 e. The molecule has 3 amide bonds. The maximum atomic E-state index is 12.7. The highest BCUT2D eigenvalue weighted by atomic mass is 35.5. The van der Waals surface area contributed by atoms with Gasteiger partial charge in [0.1, 0.15) is 0 Å². The van der Waals surface area contributed by atoms with Gasteiger partial charge in [0, 0.05) is 10.9 Å². The van der Waals surface area contributed by atoms with Crippen LogP contribution in [0.15, 0.2) is 50.3 Å². The van der Waals surface area contributed by atoms with Crippen LogP contribution in [0.2, 0.25) is 5.02 Å². The van der Waals surface area contributed by atoms with Crippen LogP contribution in [-0.2, 0) is 10.6 Å². The molecule has 8 heteroatoms. The van der Waals surface area contributed by atoms with Gasteiger partial charge in [-0.05, 0) is 67.9 Å². The van der Waals surface area contributed by atoms with Crippen LogP contribution in [-0.4, -0.2) is 22.2 Å². The predicted octanol–water partition coefficient (Wildman–Crippen LogP) is 3.76. The number of urea groups is 1. The van der Waals surface area contributed by atoms with Crippen molar-refractivity contribution < 1.29 is 13.8 Å². The molecule has 0 aromatic heterocycles. The molecule has 0 bridgehead atoms. The van der Waals surface area contributed by atoms with Crippen molar-refractivity contribution in [3.05, 3.63) is 51.6 Å². The summed E-state index contributed by atoms with van der Waals surface area (Å²) in [5.41, 5.74) is 9.42. The first-order chi connectivity index (χ1) is 13.4. The van der Waals surface area contributed by atoms with E-state index in [1.807, 2.05) is 0 Å². The number of carbonyl (C=O) groups excluding carboxylic acids is 2. The zero-order valence-electron chi connectivity index (χ0n) is 15.3. The molecule has 0 heterocycles. The molecule has 6 nitrogen and oxygen atoms in total. The Hall–Kier alpha value is -2.12. The maximum absolute atomic E-state index is 12.7. The molecule has 28 heavy (non-hydrogen) atoms. The van der Waals surface area contributed by atoms with E-state index in [2.05, 4.69) is 15.8 Å². The van der Waals surface area contributed by atoms with Crippen molar-refractivity contribution in [3.63, 3.8) is 0 Å². The highest BCUT2D eigenvalue weighted by molar-refractivity contribution is 7.75. The zero-order chi connectivity index (χ0) is 19.8. The van der Waals surface area contributed by atoms with E-state index in [1.54, 1.807) is 0 Å². The average Bonchev–Trinajstić information content (AvgIpc) is 3.30. The molecule has 0 radical (unpaired) electrons. The van der Waals surface area contributed by atoms with Crippen LogP contribution in [0, 0.1) is 5.92 Å². The van der Waals surface area contributed by atoms with Gasteiger partial charge >= 0.3 is 6.03 Å². The number of primary amides is 1. The van der Waals surface area contributed by atoms with Crippen LogP contribution >= 0.6 is 11.6 Å². The summed E-state index contributed by atoms with van der Waals surface area (Å²) < 4.78 is 16.5. The first-order valence-corrected chi connectivity index (χ1v) is 11.0. The van der Waals surface area contributed by atoms with Crippen molar-refractivity contribution in [2.24, 2.45) is 16.0 Å². The van der Waals surface area contributed by atoms with E-state index in [-0.39, 0.29) is 16.5 Å². The average molecular weight is 420 g/mol. The van der Waals surface area contributed by atoms with E-state index < -0.39 is 22.5 Å². The van der Waals surface area contributed by atoms with Crippen LogP contribution in [0.5, 0.6) is 0 Å². The van der Waals surface area contributed by atoms with Gasteiger partial charge in [0.2, 0.25) is 5.91 Å². The van der Waals surface area contributed by atoms with E-state index >= 15 is 0 Å². The number of nitrogens with zero attached hydrogens (tertiary/aromatic N) is 1. The minimum absolute atomic E-state index is 0.0570. The third-order valence-corrected chi connectivity index (χ3v) is 7.17. The summed E-state index contributed by atoms with van der Waals surface area (Å²) in [6.45, 7) is 0. The molecule has 0 saturated heterocycles. The van der Waals surface area contributed by atoms with Gasteiger partial charge in [0.15, 0.2) is 0 Å². The minimum atomic E-state index is -2.49. The number of hydrogen-bond donors (Lipinski definition) is 3. The van der Waals surface area contributed by atoms with Gasteiger partial charge in [-0.15, -0.1) is 4.36 Å². The first-order valence-electron chi connectivity index (χ1n) is 9.45. The molecule has 1 aromatic rings. The topological polar surface area (TPSA) is 102 Å². The van der Waals surface area contributed by atoms with Gasteiger partial charge in [0.05, 0.1) is 27.1 Å². The Labute approximate surface area is 170 Å². The highest BCUT2D eigenvalue weighted by Crippen LogP contribution is 2.45. The number of nitrogens with two attached hydrogens (primary N) is 1. The van der Waals surface area contributed by atoms with Crippen molar-refractivity contribution in [2.75, 3.05) is 0 Å². The van der Waals surface area contributed by atoms with E-state index in [0.29, 0.717) is 10.9 Å². The Morgan fingerprint density at radius 1 is 1.21 bits per heavy atom. The van der Waals surface area contributed by atoms with Crippen molar-refractivity contribution >= 4 is 34.1 Å². The molecule has 3 unspecified atom stereocenters. The fourth-order valence-electron chi connectivity index (χ4n) is 4.59. The summed E-state index contributed by atoms with van der Waals surface area (Å²) in [6.07, 6.45) is 8.69. The normalized spacial score (nSPS) is 24.5. The molecular weight excluding hydrogens is 398 g/mol. The lowest BCUT2D eigenvalue weighted by Gasteiger charge is -2.31. The monoisotopic (exact) mass is 419 g/mol. The van der Waals surface area contributed by atoms with Crippen LogP contribution in [0.25, 0.3) is 0 Å². The lowest BCUT2D eigenvalue weighted by atomic mass is 9.82. The quantitative estimate of drug-likeness (QED) is 0.650. The predicted molar refractivity (Wildman–Crippen MR) is 109 cm³/mol. The second kappa shape index (κ2) is 7.72. The molecule has 4 rings (SSSR count). The standard InChI is InChI=1S/C20H22ClN3O3S/c21-13-7-8-16(19(22)25)17(10-13)28(27)24-20(26)23-18-14-5-1-3-11(14)9-12-4-2-6-15(12)18/h7-10,14,18,28H,1-6H2,(H2,22,25)(H,23,26). The Morgan fingerprint density at radius 3 is 2.82 bits per heavy atom. The number of nitrogens with one attached hydrogen (secondary N) is 1. The largest absolute Gasteiger partial charge is 0.366 e. The number of thiol groups is 1. The van der Waals surface area contributed by atoms with Crippen LogP contribution < -0.4 is 11.1 Å². The summed E-state index contributed by atoms with van der Waals surface area (Å²) in [5, 5.41) is 3.29. The molecular formula is C20H22ClN3O3S. The van der Waals surface area contributed by atoms with Crippen molar-refractivity contribution in [2.45, 2.75) is 49.5 Å². The molecule has 3 aliphatic rings. The number of hydrogen-bond acceptors (Lipinski definition) is 3. The number of amides is 3. The molecule has 0 aliphatic heterocycles. The van der Waals surface area contributed by atoms with Crippen molar-refractivity contribution in [1.29, 1.82) is 0 Å². The molecule has 3 aliphatic carbocycles. The second-order valence-corrected chi connectivity index (χ2v) is 9.11. The molecule has 1 saturated carbocycles. The summed E-state index contributed by atoms with van der Waals surface area (Å²) >= 11 is 5.94. The molecule has 148 valence electrons. The van der Waals surface area contributed by atoms with Gasteiger partial charge in [-0.2, -0.15) is 0 Å². The molecule has 3 atom stereocenters. The molecule has 0 spiro atoms. The number of fused-ring (bicyclic) bond motifs is 1. The number of benzene rings is 1. The highest BCUT2D eigenvalue weighted by Gasteiger charge is 2.38. The lowest BCUT2D eigenvalue weighted by molar-refractivity contribution is 0.0997. The Kier molecular flexibility index (Phi) is 5.29. The number of halogens is 1. The third-order valence-electron chi connectivity index (χ3n) is 5.79. The molecule has 1 aromatic carbocycles. The van der Waals surface area contributed by atoms with Gasteiger partial charge in [-0.25, -0.2) is 9.00 Å². The second-order valence-electron chi connectivity index (χ2n) is 7.45. The lowest BCUT2D eigenvalue weighted by Crippen LogP contribution is -2.41. The number of carbonyl (C=O) groups is 2. The van der Waals surface area contributed by atoms with E-state index in [0.717, 1.165) is 38.5 Å². The number of allylic oxidation sites excluding steroid dienone is 2. The number of rotatable bonds is 3. The Balaban J connectivity index is 1.59. The molecule has 3 N–H and O–H groups in total.